The molecule has 1 saturated heterocycles. The molecule has 1 N–H and O–H groups in total. The molecular weight excluding hydrogens is 214 g/mol. The Morgan fingerprint density at radius 1 is 1.47 bits per heavy atom. The van der Waals surface area contributed by atoms with E-state index in [2.05, 4.69) is 10.4 Å². The van der Waals surface area contributed by atoms with Crippen molar-refractivity contribution < 1.29 is 4.79 Å². The summed E-state index contributed by atoms with van der Waals surface area (Å²) in [7, 11) is 0. The van der Waals surface area contributed by atoms with Crippen molar-refractivity contribution in [3.05, 3.63) is 0 Å². The highest BCUT2D eigenvalue weighted by Crippen LogP contribution is 2.26. The van der Waals surface area contributed by atoms with Crippen LogP contribution >= 0.6 is 12.4 Å². The highest BCUT2D eigenvalue weighted by atomic mass is 35.5. The zero-order valence-corrected chi connectivity index (χ0v) is 10.0. The number of hydrazone groups is 1. The van der Waals surface area contributed by atoms with Gasteiger partial charge in [-0.05, 0) is 39.8 Å². The van der Waals surface area contributed by atoms with E-state index >= 15 is 0 Å². The first-order chi connectivity index (χ1) is 6.61. The second kappa shape index (κ2) is 4.49. The monoisotopic (exact) mass is 231 g/mol. The van der Waals surface area contributed by atoms with Gasteiger partial charge in [0.15, 0.2) is 0 Å². The highest BCUT2D eigenvalue weighted by Gasteiger charge is 2.39. The summed E-state index contributed by atoms with van der Waals surface area (Å²) in [5.74, 6) is 0.143. The molecular formula is C10H18ClN3O. The number of hydrogen-bond acceptors (Lipinski definition) is 3. The topological polar surface area (TPSA) is 44.7 Å². The number of carbonyl (C=O) groups excluding carboxylic acids is 1. The fourth-order valence-electron chi connectivity index (χ4n) is 1.92. The van der Waals surface area contributed by atoms with E-state index in [1.807, 2.05) is 13.8 Å². The van der Waals surface area contributed by atoms with Crippen LogP contribution < -0.4 is 5.32 Å². The van der Waals surface area contributed by atoms with Gasteiger partial charge < -0.3 is 5.32 Å². The van der Waals surface area contributed by atoms with E-state index in [0.29, 0.717) is 6.04 Å². The lowest BCUT2D eigenvalue weighted by molar-refractivity contribution is -0.137. The molecule has 2 rings (SSSR count). The molecule has 2 aliphatic rings. The first-order valence-corrected chi connectivity index (χ1v) is 5.21. The summed E-state index contributed by atoms with van der Waals surface area (Å²) in [5.41, 5.74) is -0.398. The zero-order chi connectivity index (χ0) is 10.2. The number of halogens is 1. The van der Waals surface area contributed by atoms with Crippen molar-refractivity contribution in [1.82, 2.24) is 10.3 Å². The molecule has 1 fully saturated rings. The van der Waals surface area contributed by atoms with Gasteiger partial charge in [0.1, 0.15) is 0 Å². The Morgan fingerprint density at radius 3 is 2.53 bits per heavy atom. The molecule has 0 atom stereocenters. The van der Waals surface area contributed by atoms with Crippen LogP contribution in [0.15, 0.2) is 5.10 Å². The van der Waals surface area contributed by atoms with Crippen LogP contribution in [0.2, 0.25) is 0 Å². The van der Waals surface area contributed by atoms with E-state index in [0.717, 1.165) is 25.9 Å². The Morgan fingerprint density at radius 2 is 2.07 bits per heavy atom. The number of rotatable bonds is 1. The average molecular weight is 232 g/mol. The quantitative estimate of drug-likeness (QED) is 0.732. The summed E-state index contributed by atoms with van der Waals surface area (Å²) < 4.78 is 0. The van der Waals surface area contributed by atoms with Gasteiger partial charge in [-0.2, -0.15) is 5.10 Å². The highest BCUT2D eigenvalue weighted by molar-refractivity contribution is 6.01. The molecule has 0 bridgehead atoms. The predicted octanol–water partition coefficient (Wildman–Crippen LogP) is 1.01. The lowest BCUT2D eigenvalue weighted by atomic mass is 9.94. The molecule has 2 heterocycles. The van der Waals surface area contributed by atoms with Crippen LogP contribution in [0, 0.1) is 5.41 Å². The third-order valence-electron chi connectivity index (χ3n) is 2.92. The molecule has 2 aliphatic heterocycles. The first kappa shape index (κ1) is 12.5. The zero-order valence-electron chi connectivity index (χ0n) is 9.19. The lowest BCUT2D eigenvalue weighted by Crippen LogP contribution is -2.44. The second-order valence-corrected chi connectivity index (χ2v) is 4.60. The van der Waals surface area contributed by atoms with Crippen molar-refractivity contribution in [2.45, 2.75) is 32.7 Å². The van der Waals surface area contributed by atoms with Gasteiger partial charge in [0.2, 0.25) is 0 Å². The number of nitrogens with zero attached hydrogens (tertiary/aromatic N) is 2. The van der Waals surface area contributed by atoms with Gasteiger partial charge in [-0.15, -0.1) is 12.4 Å². The van der Waals surface area contributed by atoms with Gasteiger partial charge in [0, 0.05) is 6.21 Å². The number of nitrogens with one attached hydrogen (secondary N) is 1. The minimum Gasteiger partial charge on any atom is -0.317 e. The largest absolute Gasteiger partial charge is 0.317 e. The predicted molar refractivity (Wildman–Crippen MR) is 62.3 cm³/mol. The van der Waals surface area contributed by atoms with Gasteiger partial charge in [0.05, 0.1) is 11.5 Å². The van der Waals surface area contributed by atoms with Gasteiger partial charge in [-0.1, -0.05) is 0 Å². The molecule has 4 nitrogen and oxygen atoms in total. The van der Waals surface area contributed by atoms with E-state index in [1.54, 1.807) is 11.2 Å². The number of piperidine rings is 1. The van der Waals surface area contributed by atoms with Crippen LogP contribution in [-0.4, -0.2) is 36.3 Å². The van der Waals surface area contributed by atoms with Crippen LogP contribution in [0.25, 0.3) is 0 Å². The van der Waals surface area contributed by atoms with Crippen LogP contribution in [-0.2, 0) is 4.79 Å². The van der Waals surface area contributed by atoms with Crippen molar-refractivity contribution in [3.63, 3.8) is 0 Å². The molecule has 86 valence electrons. The van der Waals surface area contributed by atoms with E-state index in [4.69, 9.17) is 0 Å². The minimum absolute atomic E-state index is 0. The summed E-state index contributed by atoms with van der Waals surface area (Å²) in [6.07, 6.45) is 3.79. The Balaban J connectivity index is 0.00000112. The van der Waals surface area contributed by atoms with Crippen molar-refractivity contribution >= 4 is 24.5 Å². The van der Waals surface area contributed by atoms with Gasteiger partial charge in [0.25, 0.3) is 5.91 Å². The van der Waals surface area contributed by atoms with Gasteiger partial charge in [-0.3, -0.25) is 4.79 Å². The van der Waals surface area contributed by atoms with Crippen LogP contribution in [0.1, 0.15) is 26.7 Å². The van der Waals surface area contributed by atoms with Crippen LogP contribution in [0.5, 0.6) is 0 Å². The smallest absolute Gasteiger partial charge is 0.254 e. The molecule has 15 heavy (non-hydrogen) atoms. The molecule has 0 unspecified atom stereocenters. The summed E-state index contributed by atoms with van der Waals surface area (Å²) >= 11 is 0. The van der Waals surface area contributed by atoms with Crippen molar-refractivity contribution in [1.29, 1.82) is 0 Å². The van der Waals surface area contributed by atoms with E-state index in [1.165, 1.54) is 0 Å². The summed E-state index contributed by atoms with van der Waals surface area (Å²) in [4.78, 5) is 11.9. The first-order valence-electron chi connectivity index (χ1n) is 5.21. The summed E-state index contributed by atoms with van der Waals surface area (Å²) in [6.45, 7) is 5.81. The fourth-order valence-corrected chi connectivity index (χ4v) is 1.92. The SMILES string of the molecule is CC1(C)C=NN(C2CCNCC2)C1=O.Cl. The fraction of sp³-hybridized carbons (Fsp3) is 0.800. The van der Waals surface area contributed by atoms with E-state index in [9.17, 15) is 4.79 Å². The maximum Gasteiger partial charge on any atom is 0.254 e. The Bertz CT molecular complexity index is 272. The van der Waals surface area contributed by atoms with Gasteiger partial charge in [-0.25, -0.2) is 5.01 Å². The Hall–Kier alpha value is -0.610. The third-order valence-corrected chi connectivity index (χ3v) is 2.92. The maximum atomic E-state index is 11.9. The van der Waals surface area contributed by atoms with Crippen LogP contribution in [0.3, 0.4) is 0 Å². The van der Waals surface area contributed by atoms with E-state index in [-0.39, 0.29) is 18.3 Å². The summed E-state index contributed by atoms with van der Waals surface area (Å²) in [6, 6.07) is 0.307. The van der Waals surface area contributed by atoms with Crippen molar-refractivity contribution in [3.8, 4) is 0 Å². The Labute approximate surface area is 96.5 Å². The molecule has 0 spiro atoms. The number of carbonyl (C=O) groups is 1. The van der Waals surface area contributed by atoms with Crippen LogP contribution in [0.4, 0.5) is 0 Å². The van der Waals surface area contributed by atoms with E-state index < -0.39 is 5.41 Å². The molecule has 0 aromatic rings. The molecule has 0 radical (unpaired) electrons. The molecule has 5 heteroatoms. The standard InChI is InChI=1S/C10H17N3O.ClH/c1-10(2)7-12-13(9(10)14)8-3-5-11-6-4-8;/h7-8,11H,3-6H2,1-2H3;1H. The average Bonchev–Trinajstić information content (AvgIpc) is 2.44. The second-order valence-electron chi connectivity index (χ2n) is 4.60. The molecule has 0 saturated carbocycles. The maximum absolute atomic E-state index is 11.9. The number of hydrogen-bond donors (Lipinski definition) is 1. The minimum atomic E-state index is -0.398. The normalized spacial score (nSPS) is 25.5. The van der Waals surface area contributed by atoms with Gasteiger partial charge >= 0.3 is 0 Å². The Kier molecular flexibility index (Phi) is 3.73. The van der Waals surface area contributed by atoms with Crippen molar-refractivity contribution in [2.24, 2.45) is 10.5 Å². The summed E-state index contributed by atoms with van der Waals surface area (Å²) in [5, 5.41) is 9.19. The molecule has 1 amide bonds. The lowest BCUT2D eigenvalue weighted by Gasteiger charge is -2.30. The molecule has 0 aliphatic carbocycles. The van der Waals surface area contributed by atoms with Crippen molar-refractivity contribution in [2.75, 3.05) is 13.1 Å². The number of amides is 1. The molecule has 0 aromatic carbocycles. The molecule has 0 aromatic heterocycles. The third kappa shape index (κ3) is 2.32.